The Labute approximate surface area is 212 Å². The molecule has 3 aromatic rings. The number of benzene rings is 3. The largest absolute Gasteiger partial charge is 0.507 e. The number of likely N-dealkylation sites (tertiary alicyclic amines) is 1. The Hall–Kier alpha value is -3.58. The minimum atomic E-state index is -0.778. The number of carbonyl (C=O) groups excluding carboxylic acids is 2. The number of aliphatic hydroxyl groups is 1. The lowest BCUT2D eigenvalue weighted by atomic mass is 9.94. The number of methoxy groups -OCH3 is 1. The summed E-state index contributed by atoms with van der Waals surface area (Å²) in [5.41, 5.74) is 2.87. The topological polar surface area (TPSA) is 76.1 Å². The van der Waals surface area contributed by atoms with Crippen molar-refractivity contribution in [2.45, 2.75) is 26.4 Å². The second-order valence-corrected chi connectivity index (χ2v) is 9.06. The molecule has 1 aliphatic rings. The minimum Gasteiger partial charge on any atom is -0.507 e. The summed E-state index contributed by atoms with van der Waals surface area (Å²) in [5, 5.41) is 11.3. The van der Waals surface area contributed by atoms with Crippen molar-refractivity contribution in [3.63, 3.8) is 0 Å². The summed E-state index contributed by atoms with van der Waals surface area (Å²) < 4.78 is 11.9. The van der Waals surface area contributed by atoms with E-state index in [4.69, 9.17) is 9.47 Å². The first-order valence-electron chi connectivity index (χ1n) is 11.2. The number of aryl methyl sites for hydroxylation is 1. The van der Waals surface area contributed by atoms with E-state index in [2.05, 4.69) is 15.9 Å². The van der Waals surface area contributed by atoms with E-state index < -0.39 is 17.7 Å². The third-order valence-corrected chi connectivity index (χ3v) is 6.90. The summed E-state index contributed by atoms with van der Waals surface area (Å²) in [6.45, 7) is 4.46. The number of Topliss-reactive ketones (excluding diaryl/α,β-unsaturated/α-hetero) is 1. The highest BCUT2D eigenvalue weighted by Gasteiger charge is 2.46. The normalized spacial score (nSPS) is 17.0. The lowest BCUT2D eigenvalue weighted by Gasteiger charge is -2.26. The van der Waals surface area contributed by atoms with Gasteiger partial charge in [-0.2, -0.15) is 0 Å². The fourth-order valence-corrected chi connectivity index (χ4v) is 4.51. The van der Waals surface area contributed by atoms with E-state index >= 15 is 0 Å². The Morgan fingerprint density at radius 1 is 1.06 bits per heavy atom. The van der Waals surface area contributed by atoms with Crippen molar-refractivity contribution < 1.29 is 24.2 Å². The maximum absolute atomic E-state index is 13.3. The predicted octanol–water partition coefficient (Wildman–Crippen LogP) is 5.79. The average Bonchev–Trinajstić information content (AvgIpc) is 3.11. The van der Waals surface area contributed by atoms with E-state index in [1.165, 1.54) is 4.90 Å². The molecule has 0 radical (unpaired) electrons. The molecule has 0 saturated carbocycles. The molecule has 6 nitrogen and oxygen atoms in total. The van der Waals surface area contributed by atoms with Gasteiger partial charge in [0, 0.05) is 15.6 Å². The van der Waals surface area contributed by atoms with Gasteiger partial charge in [-0.15, -0.1) is 0 Å². The molecule has 1 atom stereocenters. The van der Waals surface area contributed by atoms with Crippen molar-refractivity contribution in [3.05, 3.63) is 99.0 Å². The highest BCUT2D eigenvalue weighted by Crippen LogP contribution is 2.41. The van der Waals surface area contributed by atoms with Crippen LogP contribution in [0.25, 0.3) is 5.76 Å². The molecule has 0 spiro atoms. The Balaban J connectivity index is 1.86. The summed E-state index contributed by atoms with van der Waals surface area (Å²) in [5.74, 6) is -0.313. The lowest BCUT2D eigenvalue weighted by molar-refractivity contribution is -0.140. The van der Waals surface area contributed by atoms with E-state index in [0.717, 1.165) is 15.6 Å². The fraction of sp³-hybridized carbons (Fsp3) is 0.214. The number of ether oxygens (including phenoxy) is 2. The van der Waals surface area contributed by atoms with Crippen LogP contribution in [0.5, 0.6) is 11.5 Å². The third-order valence-electron chi connectivity index (χ3n) is 6.01. The standard InChI is InChI=1S/C28H26BrNO5/c1-4-35-21-12-9-18(10-13-21)25-24(26(31)19-11-14-22(29)17(2)15-19)27(32)28(33)30(25)16-20-7-5-6-8-23(20)34-3/h5-15,25,31H,4,16H2,1-3H3/b26-24-. The molecule has 4 rings (SSSR count). The zero-order valence-corrected chi connectivity index (χ0v) is 21.3. The van der Waals surface area contributed by atoms with Gasteiger partial charge in [0.15, 0.2) is 0 Å². The lowest BCUT2D eigenvalue weighted by Crippen LogP contribution is -2.29. The first kappa shape index (κ1) is 24.5. The first-order chi connectivity index (χ1) is 16.8. The SMILES string of the molecule is CCOc1ccc(C2/C(=C(/O)c3ccc(Br)c(C)c3)C(=O)C(=O)N2Cc2ccccc2OC)cc1. The van der Waals surface area contributed by atoms with Gasteiger partial charge >= 0.3 is 0 Å². The quantitative estimate of drug-likeness (QED) is 0.235. The van der Waals surface area contributed by atoms with Gasteiger partial charge in [0.05, 0.1) is 31.9 Å². The van der Waals surface area contributed by atoms with Gasteiger partial charge in [0.25, 0.3) is 11.7 Å². The van der Waals surface area contributed by atoms with Gasteiger partial charge in [-0.05, 0) is 55.3 Å². The molecule has 0 aliphatic carbocycles. The van der Waals surface area contributed by atoms with Crippen molar-refractivity contribution in [3.8, 4) is 11.5 Å². The molecule has 1 fully saturated rings. The molecule has 3 aromatic carbocycles. The Morgan fingerprint density at radius 3 is 2.43 bits per heavy atom. The molecule has 1 unspecified atom stereocenters. The average molecular weight is 536 g/mol. The van der Waals surface area contributed by atoms with Crippen LogP contribution >= 0.6 is 15.9 Å². The summed E-state index contributed by atoms with van der Waals surface area (Å²) >= 11 is 3.46. The number of halogens is 1. The van der Waals surface area contributed by atoms with Crippen LogP contribution in [0.3, 0.4) is 0 Å². The van der Waals surface area contributed by atoms with Crippen LogP contribution in [0.4, 0.5) is 0 Å². The van der Waals surface area contributed by atoms with Gasteiger partial charge in [-0.25, -0.2) is 0 Å². The summed E-state index contributed by atoms with van der Waals surface area (Å²) in [7, 11) is 1.56. The third kappa shape index (κ3) is 4.82. The van der Waals surface area contributed by atoms with E-state index in [-0.39, 0.29) is 17.9 Å². The van der Waals surface area contributed by atoms with Crippen LogP contribution in [0.1, 0.15) is 35.2 Å². The Kier molecular flexibility index (Phi) is 7.26. The van der Waals surface area contributed by atoms with Crippen molar-refractivity contribution in [2.75, 3.05) is 13.7 Å². The number of amides is 1. The second-order valence-electron chi connectivity index (χ2n) is 8.20. The van der Waals surface area contributed by atoms with Crippen LogP contribution in [0.15, 0.2) is 76.8 Å². The van der Waals surface area contributed by atoms with Gasteiger partial charge in [0.1, 0.15) is 17.3 Å². The number of hydrogen-bond donors (Lipinski definition) is 1. The Morgan fingerprint density at radius 2 is 1.77 bits per heavy atom. The molecule has 7 heteroatoms. The minimum absolute atomic E-state index is 0.0516. The number of aliphatic hydroxyl groups excluding tert-OH is 1. The van der Waals surface area contributed by atoms with Crippen LogP contribution in [0.2, 0.25) is 0 Å². The van der Waals surface area contributed by atoms with Crippen LogP contribution in [0, 0.1) is 6.92 Å². The van der Waals surface area contributed by atoms with Crippen molar-refractivity contribution in [1.29, 1.82) is 0 Å². The molecule has 0 bridgehead atoms. The van der Waals surface area contributed by atoms with Gasteiger partial charge in [0.2, 0.25) is 0 Å². The summed E-state index contributed by atoms with van der Waals surface area (Å²) in [6.07, 6.45) is 0. The molecule has 0 aromatic heterocycles. The zero-order valence-electron chi connectivity index (χ0n) is 19.7. The van der Waals surface area contributed by atoms with E-state index in [1.807, 2.05) is 50.2 Å². The van der Waals surface area contributed by atoms with Crippen molar-refractivity contribution >= 4 is 33.4 Å². The number of rotatable bonds is 7. The van der Waals surface area contributed by atoms with E-state index in [0.29, 0.717) is 29.2 Å². The molecule has 1 heterocycles. The molecule has 1 N–H and O–H groups in total. The summed E-state index contributed by atoms with van der Waals surface area (Å²) in [4.78, 5) is 28.1. The molecular weight excluding hydrogens is 510 g/mol. The molecule has 180 valence electrons. The van der Waals surface area contributed by atoms with Gasteiger partial charge < -0.3 is 19.5 Å². The zero-order chi connectivity index (χ0) is 25.1. The van der Waals surface area contributed by atoms with Crippen LogP contribution < -0.4 is 9.47 Å². The first-order valence-corrected chi connectivity index (χ1v) is 12.0. The second kappa shape index (κ2) is 10.4. The highest BCUT2D eigenvalue weighted by molar-refractivity contribution is 9.10. The highest BCUT2D eigenvalue weighted by atomic mass is 79.9. The Bertz CT molecular complexity index is 1300. The molecule has 1 aliphatic heterocycles. The smallest absolute Gasteiger partial charge is 0.295 e. The number of carbonyl (C=O) groups is 2. The maximum atomic E-state index is 13.3. The molecule has 1 saturated heterocycles. The van der Waals surface area contributed by atoms with Crippen molar-refractivity contribution in [2.24, 2.45) is 0 Å². The van der Waals surface area contributed by atoms with Crippen LogP contribution in [-0.4, -0.2) is 35.4 Å². The van der Waals surface area contributed by atoms with Gasteiger partial charge in [-0.1, -0.05) is 52.3 Å². The number of para-hydroxylation sites is 1. The van der Waals surface area contributed by atoms with E-state index in [1.54, 1.807) is 37.4 Å². The van der Waals surface area contributed by atoms with E-state index in [9.17, 15) is 14.7 Å². The maximum Gasteiger partial charge on any atom is 0.295 e. The van der Waals surface area contributed by atoms with Gasteiger partial charge in [-0.3, -0.25) is 9.59 Å². The summed E-state index contributed by atoms with van der Waals surface area (Å²) in [6, 6.07) is 19.1. The monoisotopic (exact) mass is 535 g/mol. The number of nitrogens with zero attached hydrogens (tertiary/aromatic N) is 1. The predicted molar refractivity (Wildman–Crippen MR) is 137 cm³/mol. The molecule has 1 amide bonds. The molecular formula is C28H26BrNO5. The molecule has 35 heavy (non-hydrogen) atoms. The van der Waals surface area contributed by atoms with Crippen LogP contribution in [-0.2, 0) is 16.1 Å². The number of hydrogen-bond acceptors (Lipinski definition) is 5. The number of ketones is 1. The fourth-order valence-electron chi connectivity index (χ4n) is 4.27. The van der Waals surface area contributed by atoms with Crippen molar-refractivity contribution in [1.82, 2.24) is 4.90 Å².